The van der Waals surface area contributed by atoms with Crippen LogP contribution in [0, 0.1) is 6.92 Å². The van der Waals surface area contributed by atoms with E-state index in [1.165, 1.54) is 7.11 Å². The molecule has 2 aromatic carbocycles. The quantitative estimate of drug-likeness (QED) is 0.656. The van der Waals surface area contributed by atoms with E-state index in [0.29, 0.717) is 29.2 Å². The number of anilines is 1. The molecule has 3 rings (SSSR count). The summed E-state index contributed by atoms with van der Waals surface area (Å²) in [5, 5.41) is 2.73. The summed E-state index contributed by atoms with van der Waals surface area (Å²) in [5.41, 5.74) is 2.76. The van der Waals surface area contributed by atoms with Crippen LogP contribution < -0.4 is 10.1 Å². The number of aromatic nitrogens is 2. The molecule has 0 bridgehead atoms. The van der Waals surface area contributed by atoms with Gasteiger partial charge in [-0.15, -0.1) is 0 Å². The van der Waals surface area contributed by atoms with Crippen molar-refractivity contribution in [3.63, 3.8) is 0 Å². The molecule has 0 aliphatic rings. The number of methoxy groups -OCH3 is 1. The Morgan fingerprint density at radius 3 is 2.48 bits per heavy atom. The molecule has 8 heteroatoms. The number of esters is 1. The number of nitrogens with zero attached hydrogens (tertiary/aromatic N) is 2. The largest absolute Gasteiger partial charge is 0.487 e. The summed E-state index contributed by atoms with van der Waals surface area (Å²) in [5.74, 6) is -0.229. The molecule has 0 fully saturated rings. The molecule has 0 unspecified atom stereocenters. The summed E-state index contributed by atoms with van der Waals surface area (Å²) in [7, 11) is 1.29. The van der Waals surface area contributed by atoms with E-state index in [4.69, 9.17) is 9.47 Å². The normalized spacial score (nSPS) is 10.3. The van der Waals surface area contributed by atoms with Crippen LogP contribution in [-0.4, -0.2) is 27.7 Å². The zero-order valence-corrected chi connectivity index (χ0v) is 15.6. The second-order valence-corrected chi connectivity index (χ2v) is 6.13. The fraction of sp³-hybridized carbons (Fsp3) is 0.158. The van der Waals surface area contributed by atoms with Crippen molar-refractivity contribution in [3.05, 3.63) is 71.0 Å². The van der Waals surface area contributed by atoms with E-state index in [1.807, 2.05) is 6.92 Å². The van der Waals surface area contributed by atoms with Gasteiger partial charge >= 0.3 is 5.97 Å². The predicted octanol–water partition coefficient (Wildman–Crippen LogP) is 3.46. The lowest BCUT2D eigenvalue weighted by Crippen LogP contribution is -2.15. The van der Waals surface area contributed by atoms with Crippen molar-refractivity contribution in [2.75, 3.05) is 12.4 Å². The van der Waals surface area contributed by atoms with Gasteiger partial charge in [-0.25, -0.2) is 4.79 Å². The lowest BCUT2D eigenvalue weighted by molar-refractivity contribution is 0.0602. The SMILES string of the molecule is COC(=O)c1ccccc1NC(=O)c1ccc(OCc2nsnc2C)cc1. The molecule has 0 saturated heterocycles. The Morgan fingerprint density at radius 1 is 1.07 bits per heavy atom. The van der Waals surface area contributed by atoms with Gasteiger partial charge in [0.15, 0.2) is 0 Å². The van der Waals surface area contributed by atoms with Gasteiger partial charge in [0.25, 0.3) is 5.91 Å². The first kappa shape index (κ1) is 18.5. The molecule has 3 aromatic rings. The van der Waals surface area contributed by atoms with E-state index < -0.39 is 5.97 Å². The summed E-state index contributed by atoms with van der Waals surface area (Å²) in [6, 6.07) is 13.4. The highest BCUT2D eigenvalue weighted by molar-refractivity contribution is 6.99. The molecule has 1 amide bonds. The number of nitrogens with one attached hydrogen (secondary N) is 1. The molecule has 0 spiro atoms. The first-order valence-corrected chi connectivity index (χ1v) is 8.81. The maximum absolute atomic E-state index is 12.5. The van der Waals surface area contributed by atoms with Crippen LogP contribution in [0.25, 0.3) is 0 Å². The Bertz CT molecular complexity index is 954. The zero-order chi connectivity index (χ0) is 19.2. The third-order valence-corrected chi connectivity index (χ3v) is 4.48. The van der Waals surface area contributed by atoms with E-state index in [2.05, 4.69) is 14.1 Å². The predicted molar refractivity (Wildman–Crippen MR) is 101 cm³/mol. The molecule has 1 N–H and O–H groups in total. The molecule has 7 nitrogen and oxygen atoms in total. The van der Waals surface area contributed by atoms with Gasteiger partial charge in [-0.1, -0.05) is 12.1 Å². The Morgan fingerprint density at radius 2 is 1.81 bits per heavy atom. The van der Waals surface area contributed by atoms with Crippen molar-refractivity contribution >= 4 is 29.3 Å². The van der Waals surface area contributed by atoms with Gasteiger partial charge in [0.05, 0.1) is 35.8 Å². The molecule has 0 aliphatic heterocycles. The smallest absolute Gasteiger partial charge is 0.339 e. The van der Waals surface area contributed by atoms with Crippen molar-refractivity contribution in [2.45, 2.75) is 13.5 Å². The third-order valence-electron chi connectivity index (χ3n) is 3.82. The number of hydrogen-bond acceptors (Lipinski definition) is 7. The van der Waals surface area contributed by atoms with E-state index in [-0.39, 0.29) is 5.91 Å². The van der Waals surface area contributed by atoms with Crippen LogP contribution in [0.5, 0.6) is 5.75 Å². The minimum Gasteiger partial charge on any atom is -0.487 e. The number of hydrogen-bond donors (Lipinski definition) is 1. The van der Waals surface area contributed by atoms with Gasteiger partial charge in [0, 0.05) is 5.56 Å². The van der Waals surface area contributed by atoms with Crippen LogP contribution in [-0.2, 0) is 11.3 Å². The van der Waals surface area contributed by atoms with Crippen LogP contribution in [0.2, 0.25) is 0 Å². The lowest BCUT2D eigenvalue weighted by atomic mass is 10.1. The molecule has 0 radical (unpaired) electrons. The summed E-state index contributed by atoms with van der Waals surface area (Å²) in [6.07, 6.45) is 0. The summed E-state index contributed by atoms with van der Waals surface area (Å²) in [4.78, 5) is 24.2. The van der Waals surface area contributed by atoms with Crippen LogP contribution in [0.1, 0.15) is 32.1 Å². The maximum atomic E-state index is 12.5. The summed E-state index contributed by atoms with van der Waals surface area (Å²) >= 11 is 1.15. The van der Waals surface area contributed by atoms with E-state index in [9.17, 15) is 9.59 Å². The Kier molecular flexibility index (Phi) is 5.77. The number of ether oxygens (including phenoxy) is 2. The molecule has 0 saturated carbocycles. The first-order valence-electron chi connectivity index (χ1n) is 8.08. The van der Waals surface area contributed by atoms with Crippen LogP contribution in [0.4, 0.5) is 5.69 Å². The van der Waals surface area contributed by atoms with Gasteiger partial charge in [-0.3, -0.25) is 4.79 Å². The standard InChI is InChI=1S/C19H17N3O4S/c1-12-17(22-27-21-12)11-26-14-9-7-13(8-10-14)18(23)20-16-6-4-3-5-15(16)19(24)25-2/h3-10H,11H2,1-2H3,(H,20,23). The molecular weight excluding hydrogens is 366 g/mol. The Labute approximate surface area is 160 Å². The van der Waals surface area contributed by atoms with Gasteiger partial charge in [-0.2, -0.15) is 8.75 Å². The average Bonchev–Trinajstić information content (AvgIpc) is 3.11. The third kappa shape index (κ3) is 4.48. The number of carbonyl (C=O) groups excluding carboxylic acids is 2. The highest BCUT2D eigenvalue weighted by Gasteiger charge is 2.14. The highest BCUT2D eigenvalue weighted by Crippen LogP contribution is 2.19. The topological polar surface area (TPSA) is 90.4 Å². The summed E-state index contributed by atoms with van der Waals surface area (Å²) < 4.78 is 18.6. The monoisotopic (exact) mass is 383 g/mol. The molecule has 1 heterocycles. The van der Waals surface area contributed by atoms with Crippen molar-refractivity contribution < 1.29 is 19.1 Å². The van der Waals surface area contributed by atoms with Gasteiger partial charge in [0.2, 0.25) is 0 Å². The number of rotatable bonds is 6. The van der Waals surface area contributed by atoms with E-state index in [1.54, 1.807) is 48.5 Å². The van der Waals surface area contributed by atoms with Crippen LogP contribution in [0.15, 0.2) is 48.5 Å². The molecule has 27 heavy (non-hydrogen) atoms. The zero-order valence-electron chi connectivity index (χ0n) is 14.8. The minimum atomic E-state index is -0.513. The van der Waals surface area contributed by atoms with Crippen molar-refractivity contribution in [1.29, 1.82) is 0 Å². The number of amides is 1. The van der Waals surface area contributed by atoms with Gasteiger partial charge < -0.3 is 14.8 Å². The van der Waals surface area contributed by atoms with Crippen molar-refractivity contribution in [2.24, 2.45) is 0 Å². The molecule has 138 valence electrons. The molecular formula is C19H17N3O4S. The molecule has 0 atom stereocenters. The highest BCUT2D eigenvalue weighted by atomic mass is 32.1. The maximum Gasteiger partial charge on any atom is 0.339 e. The lowest BCUT2D eigenvalue weighted by Gasteiger charge is -2.10. The van der Waals surface area contributed by atoms with Crippen LogP contribution in [0.3, 0.4) is 0 Å². The van der Waals surface area contributed by atoms with E-state index >= 15 is 0 Å². The summed E-state index contributed by atoms with van der Waals surface area (Å²) in [6.45, 7) is 2.20. The average molecular weight is 383 g/mol. The van der Waals surface area contributed by atoms with E-state index in [0.717, 1.165) is 23.1 Å². The number of benzene rings is 2. The second kappa shape index (κ2) is 8.41. The number of carbonyl (C=O) groups is 2. The second-order valence-electron chi connectivity index (χ2n) is 5.60. The van der Waals surface area contributed by atoms with Crippen molar-refractivity contribution in [3.8, 4) is 5.75 Å². The molecule has 1 aromatic heterocycles. The molecule has 0 aliphatic carbocycles. The fourth-order valence-electron chi connectivity index (χ4n) is 2.31. The Balaban J connectivity index is 1.66. The number of aryl methyl sites for hydroxylation is 1. The van der Waals surface area contributed by atoms with Gasteiger partial charge in [0.1, 0.15) is 18.1 Å². The van der Waals surface area contributed by atoms with Crippen LogP contribution >= 0.6 is 11.7 Å². The van der Waals surface area contributed by atoms with Gasteiger partial charge in [-0.05, 0) is 43.3 Å². The fourth-order valence-corrected chi connectivity index (χ4v) is 2.86. The van der Waals surface area contributed by atoms with Crippen molar-refractivity contribution in [1.82, 2.24) is 8.75 Å². The number of para-hydroxylation sites is 1. The minimum absolute atomic E-state index is 0.292. The Hall–Kier alpha value is -3.26. The first-order chi connectivity index (χ1) is 13.1.